The summed E-state index contributed by atoms with van der Waals surface area (Å²) in [5.41, 5.74) is 2.96. The number of hydrazone groups is 1. The third-order valence-electron chi connectivity index (χ3n) is 4.98. The van der Waals surface area contributed by atoms with Crippen LogP contribution in [0, 0.1) is 5.82 Å². The van der Waals surface area contributed by atoms with Gasteiger partial charge in [-0.15, -0.1) is 0 Å². The first-order valence-electron chi connectivity index (χ1n) is 10.5. The van der Waals surface area contributed by atoms with E-state index in [4.69, 9.17) is 9.47 Å². The highest BCUT2D eigenvalue weighted by molar-refractivity contribution is 5.91. The predicted molar refractivity (Wildman–Crippen MR) is 128 cm³/mol. The van der Waals surface area contributed by atoms with E-state index in [2.05, 4.69) is 10.5 Å². The first-order chi connectivity index (χ1) is 16.5. The van der Waals surface area contributed by atoms with Gasteiger partial charge in [-0.2, -0.15) is 5.10 Å². The number of nitrogens with one attached hydrogen (secondary N) is 1. The third kappa shape index (κ3) is 5.63. The summed E-state index contributed by atoms with van der Waals surface area (Å²) in [6, 6.07) is 25.5. The van der Waals surface area contributed by atoms with Gasteiger partial charge in [0.25, 0.3) is 5.91 Å². The van der Waals surface area contributed by atoms with Crippen LogP contribution in [-0.4, -0.2) is 24.2 Å². The van der Waals surface area contributed by atoms with Crippen LogP contribution in [0.3, 0.4) is 0 Å². The second-order valence-electron chi connectivity index (χ2n) is 7.44. The van der Waals surface area contributed by atoms with E-state index in [1.807, 2.05) is 42.5 Å². The average Bonchev–Trinajstić information content (AvgIpc) is 2.85. The number of carbonyl (C=O) groups excluding carboxylic acids is 2. The molecule has 1 N–H and O–H groups in total. The van der Waals surface area contributed by atoms with Crippen LogP contribution in [0.4, 0.5) is 4.39 Å². The number of nitrogens with zero attached hydrogens (tertiary/aromatic N) is 1. The van der Waals surface area contributed by atoms with E-state index in [-0.39, 0.29) is 11.3 Å². The van der Waals surface area contributed by atoms with Gasteiger partial charge in [0.2, 0.25) is 0 Å². The molecule has 0 aliphatic carbocycles. The Kier molecular flexibility index (Phi) is 6.93. The zero-order chi connectivity index (χ0) is 23.9. The fraction of sp³-hybridized carbons (Fsp3) is 0.0741. The monoisotopic (exact) mass is 456 g/mol. The molecular weight excluding hydrogens is 435 g/mol. The maximum atomic E-state index is 13.7. The van der Waals surface area contributed by atoms with Crippen molar-refractivity contribution in [2.75, 3.05) is 0 Å². The van der Waals surface area contributed by atoms with E-state index in [1.54, 1.807) is 37.3 Å². The van der Waals surface area contributed by atoms with Crippen molar-refractivity contribution in [2.24, 2.45) is 5.10 Å². The SMILES string of the molecule is C[C@@H](Oc1ccc2ccccc2c1)C(=O)N/N=C\c1ccc(OC(=O)c2ccccc2F)cc1. The maximum Gasteiger partial charge on any atom is 0.346 e. The molecule has 0 fully saturated rings. The Bertz CT molecular complexity index is 1350. The van der Waals surface area contributed by atoms with Crippen molar-refractivity contribution in [3.05, 3.63) is 108 Å². The Balaban J connectivity index is 1.29. The average molecular weight is 456 g/mol. The van der Waals surface area contributed by atoms with Gasteiger partial charge in [0.05, 0.1) is 11.8 Å². The molecule has 0 bridgehead atoms. The molecule has 4 aromatic carbocycles. The molecule has 0 unspecified atom stereocenters. The Labute approximate surface area is 195 Å². The highest BCUT2D eigenvalue weighted by Crippen LogP contribution is 2.21. The molecule has 0 aliphatic heterocycles. The number of hydrogen-bond acceptors (Lipinski definition) is 5. The smallest absolute Gasteiger partial charge is 0.346 e. The zero-order valence-corrected chi connectivity index (χ0v) is 18.3. The number of halogens is 1. The van der Waals surface area contributed by atoms with Gasteiger partial charge in [-0.25, -0.2) is 14.6 Å². The first-order valence-corrected chi connectivity index (χ1v) is 10.5. The minimum atomic E-state index is -0.785. The number of hydrogen-bond donors (Lipinski definition) is 1. The minimum absolute atomic E-state index is 0.143. The summed E-state index contributed by atoms with van der Waals surface area (Å²) in [6.45, 7) is 1.64. The summed E-state index contributed by atoms with van der Waals surface area (Å²) in [7, 11) is 0. The molecule has 0 aliphatic rings. The molecule has 4 aromatic rings. The molecule has 1 atom stereocenters. The normalized spacial score (nSPS) is 11.8. The zero-order valence-electron chi connectivity index (χ0n) is 18.3. The Morgan fingerprint density at radius 1 is 0.882 bits per heavy atom. The van der Waals surface area contributed by atoms with Crippen LogP contribution in [0.15, 0.2) is 96.1 Å². The van der Waals surface area contributed by atoms with Crippen LogP contribution in [0.1, 0.15) is 22.8 Å². The van der Waals surface area contributed by atoms with E-state index >= 15 is 0 Å². The molecule has 0 saturated heterocycles. The number of fused-ring (bicyclic) bond motifs is 1. The summed E-state index contributed by atoms with van der Waals surface area (Å²) in [4.78, 5) is 24.4. The molecule has 1 amide bonds. The molecule has 0 spiro atoms. The van der Waals surface area contributed by atoms with Crippen molar-refractivity contribution in [1.82, 2.24) is 5.43 Å². The predicted octanol–water partition coefficient (Wildman–Crippen LogP) is 5.12. The number of amides is 1. The molecule has 0 aromatic heterocycles. The van der Waals surface area contributed by atoms with E-state index in [0.29, 0.717) is 11.3 Å². The topological polar surface area (TPSA) is 77.0 Å². The second-order valence-corrected chi connectivity index (χ2v) is 7.44. The van der Waals surface area contributed by atoms with Crippen molar-refractivity contribution in [3.8, 4) is 11.5 Å². The number of benzene rings is 4. The lowest BCUT2D eigenvalue weighted by atomic mass is 10.1. The van der Waals surface area contributed by atoms with Crippen LogP contribution in [-0.2, 0) is 4.79 Å². The minimum Gasteiger partial charge on any atom is -0.481 e. The molecular formula is C27H21FN2O4. The van der Waals surface area contributed by atoms with Crippen LogP contribution < -0.4 is 14.9 Å². The van der Waals surface area contributed by atoms with E-state index < -0.39 is 23.8 Å². The molecule has 6 nitrogen and oxygen atoms in total. The van der Waals surface area contributed by atoms with Gasteiger partial charge in [-0.3, -0.25) is 4.79 Å². The molecule has 7 heteroatoms. The number of ether oxygens (including phenoxy) is 2. The summed E-state index contributed by atoms with van der Waals surface area (Å²) < 4.78 is 24.6. The van der Waals surface area contributed by atoms with Gasteiger partial charge in [0.1, 0.15) is 17.3 Å². The van der Waals surface area contributed by atoms with E-state index in [0.717, 1.165) is 10.8 Å². The van der Waals surface area contributed by atoms with Crippen LogP contribution in [0.2, 0.25) is 0 Å². The lowest BCUT2D eigenvalue weighted by molar-refractivity contribution is -0.127. The van der Waals surface area contributed by atoms with Gasteiger partial charge in [0.15, 0.2) is 6.10 Å². The van der Waals surface area contributed by atoms with Gasteiger partial charge in [-0.1, -0.05) is 42.5 Å². The fourth-order valence-corrected chi connectivity index (χ4v) is 3.17. The highest BCUT2D eigenvalue weighted by atomic mass is 19.1. The van der Waals surface area contributed by atoms with Crippen molar-refractivity contribution >= 4 is 28.9 Å². The van der Waals surface area contributed by atoms with Crippen molar-refractivity contribution < 1.29 is 23.5 Å². The van der Waals surface area contributed by atoms with Crippen molar-refractivity contribution in [3.63, 3.8) is 0 Å². The standard InChI is InChI=1S/C27H21FN2O4/c1-18(33-23-15-12-20-6-2-3-7-21(20)16-23)26(31)30-29-17-19-10-13-22(14-11-19)34-27(32)24-8-4-5-9-25(24)28/h2-18H,1H3,(H,30,31)/b29-17-/t18-/m1/s1. The van der Waals surface area contributed by atoms with Gasteiger partial charge >= 0.3 is 5.97 Å². The molecule has 4 rings (SSSR count). The molecule has 34 heavy (non-hydrogen) atoms. The van der Waals surface area contributed by atoms with Crippen LogP contribution >= 0.6 is 0 Å². The number of rotatable bonds is 7. The van der Waals surface area contributed by atoms with Gasteiger partial charge < -0.3 is 9.47 Å². The van der Waals surface area contributed by atoms with Gasteiger partial charge in [-0.05, 0) is 71.8 Å². The van der Waals surface area contributed by atoms with E-state index in [1.165, 1.54) is 24.4 Å². The van der Waals surface area contributed by atoms with Crippen LogP contribution in [0.5, 0.6) is 11.5 Å². The Morgan fingerprint density at radius 2 is 1.56 bits per heavy atom. The summed E-state index contributed by atoms with van der Waals surface area (Å²) in [5, 5.41) is 6.05. The van der Waals surface area contributed by atoms with Crippen molar-refractivity contribution in [1.29, 1.82) is 0 Å². The summed E-state index contributed by atoms with van der Waals surface area (Å²) >= 11 is 0. The van der Waals surface area contributed by atoms with Crippen LogP contribution in [0.25, 0.3) is 10.8 Å². The molecule has 170 valence electrons. The quantitative estimate of drug-likeness (QED) is 0.181. The molecule has 0 heterocycles. The molecule has 0 saturated carbocycles. The lowest BCUT2D eigenvalue weighted by Gasteiger charge is -2.13. The number of esters is 1. The fourth-order valence-electron chi connectivity index (χ4n) is 3.17. The Morgan fingerprint density at radius 3 is 2.32 bits per heavy atom. The first kappa shape index (κ1) is 22.7. The van der Waals surface area contributed by atoms with E-state index in [9.17, 15) is 14.0 Å². The van der Waals surface area contributed by atoms with Gasteiger partial charge in [0, 0.05) is 0 Å². The van der Waals surface area contributed by atoms with Crippen molar-refractivity contribution in [2.45, 2.75) is 13.0 Å². The molecule has 0 radical (unpaired) electrons. The largest absolute Gasteiger partial charge is 0.481 e. The maximum absolute atomic E-state index is 13.7. The number of carbonyl (C=O) groups is 2. The summed E-state index contributed by atoms with van der Waals surface area (Å²) in [5.74, 6) is -0.990. The third-order valence-corrected chi connectivity index (χ3v) is 4.98. The highest BCUT2D eigenvalue weighted by Gasteiger charge is 2.15. The lowest BCUT2D eigenvalue weighted by Crippen LogP contribution is -2.33. The Hall–Kier alpha value is -4.52. The second kappa shape index (κ2) is 10.4. The summed E-state index contributed by atoms with van der Waals surface area (Å²) in [6.07, 6.45) is 0.696.